The van der Waals surface area contributed by atoms with Crippen molar-refractivity contribution in [2.75, 3.05) is 18.0 Å². The number of hydrogen-bond acceptors (Lipinski definition) is 2. The van der Waals surface area contributed by atoms with Gasteiger partial charge in [0.25, 0.3) is 0 Å². The normalized spacial score (nSPS) is 24.6. The lowest BCUT2D eigenvalue weighted by Gasteiger charge is -2.43. The third-order valence-electron chi connectivity index (χ3n) is 3.88. The number of nitrogens with one attached hydrogen (secondary N) is 1. The lowest BCUT2D eigenvalue weighted by Crippen LogP contribution is -2.58. The fourth-order valence-electron chi connectivity index (χ4n) is 2.58. The second-order valence-electron chi connectivity index (χ2n) is 5.45. The maximum atomic E-state index is 13.0. The monoisotopic (exact) mass is 250 g/mol. The third kappa shape index (κ3) is 2.83. The highest BCUT2D eigenvalue weighted by Crippen LogP contribution is 2.23. The molecule has 1 aromatic carbocycles. The summed E-state index contributed by atoms with van der Waals surface area (Å²) in [7, 11) is 0. The second kappa shape index (κ2) is 5.70. The van der Waals surface area contributed by atoms with E-state index in [-0.39, 0.29) is 5.82 Å². The molecule has 0 radical (unpaired) electrons. The number of hydrogen-bond donors (Lipinski definition) is 1. The molecule has 2 rings (SSSR count). The predicted molar refractivity (Wildman–Crippen MR) is 74.5 cm³/mol. The minimum Gasteiger partial charge on any atom is -0.366 e. The van der Waals surface area contributed by atoms with Crippen LogP contribution >= 0.6 is 0 Å². The summed E-state index contributed by atoms with van der Waals surface area (Å²) in [5, 5.41) is 3.61. The Hall–Kier alpha value is -1.09. The van der Waals surface area contributed by atoms with Gasteiger partial charge in [-0.3, -0.25) is 0 Å². The molecule has 2 unspecified atom stereocenters. The van der Waals surface area contributed by atoms with Crippen LogP contribution in [0.4, 0.5) is 10.1 Å². The fourth-order valence-corrected chi connectivity index (χ4v) is 2.58. The van der Waals surface area contributed by atoms with Gasteiger partial charge in [-0.15, -0.1) is 0 Å². The van der Waals surface area contributed by atoms with Gasteiger partial charge >= 0.3 is 0 Å². The topological polar surface area (TPSA) is 15.3 Å². The van der Waals surface area contributed by atoms with E-state index in [0.717, 1.165) is 25.2 Å². The fraction of sp³-hybridized carbons (Fsp3) is 0.600. The minimum absolute atomic E-state index is 0.164. The van der Waals surface area contributed by atoms with Crippen molar-refractivity contribution in [1.29, 1.82) is 0 Å². The molecule has 0 amide bonds. The Morgan fingerprint density at radius 1 is 1.33 bits per heavy atom. The van der Waals surface area contributed by atoms with Crippen LogP contribution in [0, 0.1) is 11.7 Å². The zero-order valence-corrected chi connectivity index (χ0v) is 11.5. The standard InChI is InChI=1S/C15H23FN2/c1-4-13-9-17-15(11(2)3)10-18(13)14-7-5-12(16)6-8-14/h5-8,11,13,15,17H,4,9-10H2,1-3H3. The van der Waals surface area contributed by atoms with E-state index in [1.165, 1.54) is 0 Å². The largest absolute Gasteiger partial charge is 0.366 e. The van der Waals surface area contributed by atoms with E-state index in [4.69, 9.17) is 0 Å². The van der Waals surface area contributed by atoms with Gasteiger partial charge < -0.3 is 10.2 Å². The van der Waals surface area contributed by atoms with Crippen molar-refractivity contribution >= 4 is 5.69 Å². The SMILES string of the molecule is CCC1CNC(C(C)C)CN1c1ccc(F)cc1. The average molecular weight is 250 g/mol. The van der Waals surface area contributed by atoms with Gasteiger partial charge in [-0.2, -0.15) is 0 Å². The zero-order chi connectivity index (χ0) is 13.1. The average Bonchev–Trinajstić information content (AvgIpc) is 2.39. The summed E-state index contributed by atoms with van der Waals surface area (Å²) in [4.78, 5) is 2.42. The lowest BCUT2D eigenvalue weighted by molar-refractivity contribution is 0.325. The second-order valence-corrected chi connectivity index (χ2v) is 5.45. The summed E-state index contributed by atoms with van der Waals surface area (Å²) in [5.41, 5.74) is 1.13. The van der Waals surface area contributed by atoms with E-state index in [9.17, 15) is 4.39 Å². The molecule has 1 aromatic rings. The number of rotatable bonds is 3. The molecule has 2 nitrogen and oxygen atoms in total. The molecule has 2 atom stereocenters. The Morgan fingerprint density at radius 3 is 2.56 bits per heavy atom. The number of benzene rings is 1. The summed E-state index contributed by atoms with van der Waals surface area (Å²) in [5.74, 6) is 0.452. The molecule has 1 aliphatic heterocycles. The summed E-state index contributed by atoms with van der Waals surface area (Å²) >= 11 is 0. The van der Waals surface area contributed by atoms with Crippen LogP contribution in [0.3, 0.4) is 0 Å². The van der Waals surface area contributed by atoms with Crippen molar-refractivity contribution in [3.8, 4) is 0 Å². The quantitative estimate of drug-likeness (QED) is 0.887. The van der Waals surface area contributed by atoms with E-state index >= 15 is 0 Å². The number of halogens is 1. The highest BCUT2D eigenvalue weighted by Gasteiger charge is 2.28. The van der Waals surface area contributed by atoms with E-state index in [2.05, 4.69) is 31.0 Å². The van der Waals surface area contributed by atoms with Gasteiger partial charge in [0, 0.05) is 30.9 Å². The maximum Gasteiger partial charge on any atom is 0.123 e. The Labute approximate surface area is 109 Å². The number of piperazine rings is 1. The predicted octanol–water partition coefficient (Wildman–Crippen LogP) is 3.04. The molecule has 100 valence electrons. The zero-order valence-electron chi connectivity index (χ0n) is 11.5. The molecule has 1 saturated heterocycles. The summed E-state index contributed by atoms with van der Waals surface area (Å²) in [6.45, 7) is 8.71. The Kier molecular flexibility index (Phi) is 4.23. The van der Waals surface area contributed by atoms with E-state index in [0.29, 0.717) is 18.0 Å². The van der Waals surface area contributed by atoms with Crippen LogP contribution in [-0.2, 0) is 0 Å². The van der Waals surface area contributed by atoms with E-state index in [1.807, 2.05) is 12.1 Å². The molecule has 0 aromatic heterocycles. The van der Waals surface area contributed by atoms with Crippen LogP contribution in [0.1, 0.15) is 27.2 Å². The first-order chi connectivity index (χ1) is 8.61. The van der Waals surface area contributed by atoms with Crippen LogP contribution in [0.5, 0.6) is 0 Å². The highest BCUT2D eigenvalue weighted by molar-refractivity contribution is 5.48. The van der Waals surface area contributed by atoms with Crippen LogP contribution in [0.2, 0.25) is 0 Å². The maximum absolute atomic E-state index is 13.0. The number of anilines is 1. The third-order valence-corrected chi connectivity index (χ3v) is 3.88. The van der Waals surface area contributed by atoms with Gasteiger partial charge in [-0.05, 0) is 36.6 Å². The smallest absolute Gasteiger partial charge is 0.123 e. The van der Waals surface area contributed by atoms with Gasteiger partial charge in [-0.1, -0.05) is 20.8 Å². The Balaban J connectivity index is 2.18. The molecule has 0 bridgehead atoms. The first-order valence-corrected chi connectivity index (χ1v) is 6.87. The highest BCUT2D eigenvalue weighted by atomic mass is 19.1. The molecular formula is C15H23FN2. The molecule has 1 heterocycles. The van der Waals surface area contributed by atoms with Crippen molar-refractivity contribution in [3.05, 3.63) is 30.1 Å². The van der Waals surface area contributed by atoms with Crippen molar-refractivity contribution in [3.63, 3.8) is 0 Å². The Bertz CT molecular complexity index is 375. The van der Waals surface area contributed by atoms with E-state index < -0.39 is 0 Å². The molecule has 0 saturated carbocycles. The van der Waals surface area contributed by atoms with Crippen LogP contribution < -0.4 is 10.2 Å². The number of nitrogens with zero attached hydrogens (tertiary/aromatic N) is 1. The van der Waals surface area contributed by atoms with Crippen molar-refractivity contribution in [1.82, 2.24) is 5.32 Å². The minimum atomic E-state index is -0.164. The Morgan fingerprint density at radius 2 is 2.00 bits per heavy atom. The first kappa shape index (κ1) is 13.3. The molecule has 1 N–H and O–H groups in total. The summed E-state index contributed by atoms with van der Waals surface area (Å²) in [6, 6.07) is 7.90. The summed E-state index contributed by atoms with van der Waals surface area (Å²) < 4.78 is 13.0. The molecule has 0 spiro atoms. The molecular weight excluding hydrogens is 227 g/mol. The van der Waals surface area contributed by atoms with Gasteiger partial charge in [0.2, 0.25) is 0 Å². The van der Waals surface area contributed by atoms with Gasteiger partial charge in [0.05, 0.1) is 0 Å². The van der Waals surface area contributed by atoms with Gasteiger partial charge in [0.15, 0.2) is 0 Å². The van der Waals surface area contributed by atoms with Gasteiger partial charge in [0.1, 0.15) is 5.82 Å². The van der Waals surface area contributed by atoms with Crippen molar-refractivity contribution in [2.24, 2.45) is 5.92 Å². The van der Waals surface area contributed by atoms with Crippen molar-refractivity contribution < 1.29 is 4.39 Å². The van der Waals surface area contributed by atoms with Crippen LogP contribution in [0.15, 0.2) is 24.3 Å². The molecule has 0 aliphatic carbocycles. The molecule has 1 fully saturated rings. The van der Waals surface area contributed by atoms with E-state index in [1.54, 1.807) is 12.1 Å². The lowest BCUT2D eigenvalue weighted by atomic mass is 9.98. The van der Waals surface area contributed by atoms with Crippen LogP contribution in [0.25, 0.3) is 0 Å². The molecule has 3 heteroatoms. The van der Waals surface area contributed by atoms with Crippen molar-refractivity contribution in [2.45, 2.75) is 39.3 Å². The van der Waals surface area contributed by atoms with Gasteiger partial charge in [-0.25, -0.2) is 4.39 Å². The van der Waals surface area contributed by atoms with Crippen LogP contribution in [-0.4, -0.2) is 25.2 Å². The molecule has 1 aliphatic rings. The summed E-state index contributed by atoms with van der Waals surface area (Å²) in [6.07, 6.45) is 1.11. The molecule has 18 heavy (non-hydrogen) atoms. The first-order valence-electron chi connectivity index (χ1n) is 6.87.